The summed E-state index contributed by atoms with van der Waals surface area (Å²) < 4.78 is 0. The fraction of sp³-hybridized carbons (Fsp3) is 0.645. The minimum absolute atomic E-state index is 0.0175. The van der Waals surface area contributed by atoms with Gasteiger partial charge in [0, 0.05) is 76.0 Å². The Hall–Kier alpha value is -11.8. The summed E-state index contributed by atoms with van der Waals surface area (Å²) in [6.45, 7) is -7.45. The number of aliphatic hydroxyl groups is 21. The third kappa shape index (κ3) is 41.1. The fourth-order valence-corrected chi connectivity index (χ4v) is 12.1. The topological polar surface area (TPSA) is 1020 Å². The predicted octanol–water partition coefficient (Wildman–Crippen LogP) is -18.8. The highest BCUT2D eigenvalue weighted by Gasteiger charge is 2.40. The summed E-state index contributed by atoms with van der Waals surface area (Å²) in [6.07, 6.45) is -48.6. The number of carbonyl (C=O) groups excluding carboxylic acids is 11. The van der Waals surface area contributed by atoms with Crippen LogP contribution in [-0.4, -0.2) is 441 Å². The van der Waals surface area contributed by atoms with E-state index >= 15 is 4.79 Å². The molecule has 0 unspecified atom stereocenters. The molecule has 11 amide bonds. The highest BCUT2D eigenvalue weighted by molar-refractivity contribution is 5.99. The number of aromatic amines is 1. The van der Waals surface area contributed by atoms with E-state index in [0.29, 0.717) is 5.69 Å². The Balaban J connectivity index is 2.21. The lowest BCUT2D eigenvalue weighted by molar-refractivity contribution is -0.142. The van der Waals surface area contributed by atoms with Crippen molar-refractivity contribution in [1.82, 2.24) is 83.7 Å². The molecule has 0 aliphatic carbocycles. The molecule has 135 heavy (non-hydrogen) atoms. The van der Waals surface area contributed by atoms with Crippen LogP contribution in [0.3, 0.4) is 0 Å². The van der Waals surface area contributed by atoms with Gasteiger partial charge in [0.2, 0.25) is 65.0 Å². The normalized spacial score (nSPS) is 17.1. The van der Waals surface area contributed by atoms with Gasteiger partial charge in [-0.3, -0.25) is 82.2 Å². The van der Waals surface area contributed by atoms with Gasteiger partial charge in [0.15, 0.2) is 11.2 Å². The number of carboxylic acids is 4. The van der Waals surface area contributed by atoms with Crippen LogP contribution >= 0.6 is 0 Å². The molecule has 0 aliphatic rings. The van der Waals surface area contributed by atoms with E-state index in [-0.39, 0.29) is 34.9 Å². The standard InChI is InChI=1S/C76H120N18O41/c1-30(74(132)133)84-67(125)35(7-14-50(108)80-23-42(100)58(117)62(121)46(104)27-96)87-71(129)39(12-19-55(114)115)91-70(128)37(9-16-52(110)82-25-44(102)60(119)64(123)48(106)29-98)88-69(127)36(8-15-51(109)81-24-43(101)59(118)63(122)47(105)28-97)89-72(130)38(11-18-54(112)113)90-68(126)34(6-13-49(107)79-22-41(99)57(116)61(120)45(103)26-95)86-53(111)17-10-40(75(134)135)92-66(124)31-2-4-32(5-3-31)78-20-33-21-83-65-56(85-33)73(131)94-76(77)93-65/h2-5,21,30,34-48,53,57-64,78,86,95-106,111,116-123H,6-20,22-29H2,1H3,(H,79,107)(H,80,108)(H,81,109)(H,82,110)(H,84,125)(H,87,129)(H,88,127)(H,89,130)(H,90,126)(H,91,128)(H,92,124)(H,112,113)(H,114,115)(H,132,133)(H,134,135)(H3,77,83,93,94,131)/t30-,34-,35-,36-,37-,38-,39-,40-,41-,42-,43-,44-,45+,46+,47+,48+,53-,57+,58+,59+,60+,61+,62+,63+,64+/m0/s1. The number of amides is 11. The van der Waals surface area contributed by atoms with Crippen molar-refractivity contribution in [2.75, 3.05) is 63.7 Å². The Kier molecular flexibility index (Phi) is 51.4. The second-order valence-corrected chi connectivity index (χ2v) is 30.9. The molecule has 0 saturated heterocycles. The maximum absolute atomic E-state index is 15.1. The Morgan fingerprint density at radius 2 is 0.681 bits per heavy atom. The van der Waals surface area contributed by atoms with Gasteiger partial charge in [-0.2, -0.15) is 4.98 Å². The average molecular weight is 1940 g/mol. The number of nitrogen functional groups attached to an aromatic ring is 1. The SMILES string of the molecule is C[C@H](NC(=O)[C@H](CCC(=O)NC[C@H](O)[C@@H](O)[C@H](O)[C@H](O)CO)NC(=O)[C@H](CCC(=O)O)NC(=O)[C@H](CCC(=O)NC[C@H](O)[C@@H](O)[C@H](O)[C@H](O)CO)NC(=O)[C@H](CCC(=O)NC[C@H](O)[C@@H](O)[C@H](O)[C@H](O)CO)NC(=O)[C@H](CCC(=O)O)NC(=O)[C@H](CCC(=O)NC[C@H](O)[C@@H](O)[C@H](O)[C@H](O)CO)N[C@@H](O)CC[C@H](NC(=O)c1ccc(NCc2cnc3nc(N)[nH]c(=O)c3n2)cc1)C(=O)O)C(=O)O. The van der Waals surface area contributed by atoms with Crippen LogP contribution in [0.25, 0.3) is 11.2 Å². The summed E-state index contributed by atoms with van der Waals surface area (Å²) in [5.74, 6) is -22.1. The number of H-pyrrole nitrogens is 1. The van der Waals surface area contributed by atoms with Crippen LogP contribution in [-0.2, 0) is 73.7 Å². The van der Waals surface area contributed by atoms with Crippen LogP contribution < -0.4 is 80.4 Å². The lowest BCUT2D eigenvalue weighted by atomic mass is 10.0. The maximum atomic E-state index is 15.1. The van der Waals surface area contributed by atoms with Crippen LogP contribution in [0.1, 0.15) is 113 Å². The van der Waals surface area contributed by atoms with Crippen molar-refractivity contribution in [3.8, 4) is 0 Å². The number of fused-ring (bicyclic) bond motifs is 1. The second kappa shape index (κ2) is 59.2. The molecule has 59 nitrogen and oxygen atoms in total. The first-order valence-corrected chi connectivity index (χ1v) is 41.6. The fourth-order valence-electron chi connectivity index (χ4n) is 12.1. The van der Waals surface area contributed by atoms with Crippen molar-refractivity contribution in [2.24, 2.45) is 0 Å². The number of hydrogen-bond acceptors (Lipinski definition) is 43. The minimum atomic E-state index is -2.38. The predicted molar refractivity (Wildman–Crippen MR) is 449 cm³/mol. The molecular formula is C76H120N18O41. The van der Waals surface area contributed by atoms with E-state index in [1.54, 1.807) is 0 Å². The first-order chi connectivity index (χ1) is 63.4. The van der Waals surface area contributed by atoms with Gasteiger partial charge in [-0.05, 0) is 82.6 Å². The molecule has 2 heterocycles. The monoisotopic (exact) mass is 1940 g/mol. The van der Waals surface area contributed by atoms with Crippen molar-refractivity contribution in [3.05, 3.63) is 52.1 Å². The first-order valence-electron chi connectivity index (χ1n) is 41.6. The number of rotatable bonds is 66. The summed E-state index contributed by atoms with van der Waals surface area (Å²) in [5, 5.41) is 280. The van der Waals surface area contributed by atoms with Gasteiger partial charge < -0.3 is 197 Å². The van der Waals surface area contributed by atoms with E-state index in [0.717, 1.165) is 6.92 Å². The lowest BCUT2D eigenvalue weighted by Crippen LogP contribution is -2.60. The van der Waals surface area contributed by atoms with E-state index in [2.05, 4.69) is 83.7 Å². The molecule has 1 aromatic carbocycles. The summed E-state index contributed by atoms with van der Waals surface area (Å²) in [5.41, 5.74) is 5.28. The quantitative estimate of drug-likeness (QED) is 0.0233. The number of anilines is 2. The molecule has 0 aliphatic heterocycles. The minimum Gasteiger partial charge on any atom is -0.481 e. The van der Waals surface area contributed by atoms with E-state index in [4.69, 9.17) is 10.8 Å². The molecule has 3 aromatic rings. The van der Waals surface area contributed by atoms with Gasteiger partial charge in [0.25, 0.3) is 11.5 Å². The zero-order valence-corrected chi connectivity index (χ0v) is 72.2. The third-order valence-corrected chi connectivity index (χ3v) is 20.3. The molecular weight excluding hydrogens is 1820 g/mol. The van der Waals surface area contributed by atoms with E-state index in [1.165, 1.54) is 30.5 Å². The highest BCUT2D eigenvalue weighted by Crippen LogP contribution is 2.18. The number of nitrogens with zero attached hydrogens (tertiary/aromatic N) is 3. The summed E-state index contributed by atoms with van der Waals surface area (Å²) in [4.78, 5) is 231. The molecule has 3 rings (SSSR count). The zero-order valence-electron chi connectivity index (χ0n) is 72.2. The molecule has 0 bridgehead atoms. The second-order valence-electron chi connectivity index (χ2n) is 30.9. The molecule has 0 radical (unpaired) electrons. The lowest BCUT2D eigenvalue weighted by Gasteiger charge is -2.28. The van der Waals surface area contributed by atoms with Gasteiger partial charge >= 0.3 is 23.9 Å². The van der Waals surface area contributed by atoms with E-state index < -0.39 is 389 Å². The number of nitrogens with one attached hydrogen (secondary N) is 14. The zero-order chi connectivity index (χ0) is 102. The van der Waals surface area contributed by atoms with Crippen molar-refractivity contribution >= 4 is 112 Å². The van der Waals surface area contributed by atoms with Gasteiger partial charge in [-0.15, -0.1) is 0 Å². The number of carboxylic acid groups (broad SMARTS) is 4. The number of aromatic nitrogens is 4. The highest BCUT2D eigenvalue weighted by atomic mass is 16.4. The summed E-state index contributed by atoms with van der Waals surface area (Å²) in [7, 11) is 0. The molecule has 59 heteroatoms. The van der Waals surface area contributed by atoms with Gasteiger partial charge in [-0.1, -0.05) is 0 Å². The smallest absolute Gasteiger partial charge is 0.326 e. The molecule has 0 fully saturated rings. The van der Waals surface area contributed by atoms with Crippen molar-refractivity contribution < 1.29 is 200 Å². The Morgan fingerprint density at radius 3 is 1.00 bits per heavy atom. The Bertz CT molecular complexity index is 4440. The number of aliphatic hydroxyl groups excluding tert-OH is 21. The molecule has 41 N–H and O–H groups in total. The maximum Gasteiger partial charge on any atom is 0.326 e. The molecule has 25 atom stereocenters. The van der Waals surface area contributed by atoms with Crippen LogP contribution in [0.15, 0.2) is 35.3 Å². The van der Waals surface area contributed by atoms with Crippen LogP contribution in [0.5, 0.6) is 0 Å². The summed E-state index contributed by atoms with van der Waals surface area (Å²) in [6, 6.07) is -11.7. The van der Waals surface area contributed by atoms with Crippen molar-refractivity contribution in [1.29, 1.82) is 0 Å². The molecule has 760 valence electrons. The van der Waals surface area contributed by atoms with Crippen molar-refractivity contribution in [3.63, 3.8) is 0 Å². The van der Waals surface area contributed by atoms with E-state index in [9.17, 15) is 194 Å². The number of benzene rings is 1. The molecule has 0 spiro atoms. The number of aliphatic carboxylic acids is 4. The van der Waals surface area contributed by atoms with Crippen LogP contribution in [0.2, 0.25) is 0 Å². The summed E-state index contributed by atoms with van der Waals surface area (Å²) >= 11 is 0. The van der Waals surface area contributed by atoms with Crippen LogP contribution in [0.4, 0.5) is 11.6 Å². The molecule has 2 aromatic heterocycles. The largest absolute Gasteiger partial charge is 0.481 e. The first kappa shape index (κ1) is 117. The van der Waals surface area contributed by atoms with Gasteiger partial charge in [0.1, 0.15) is 122 Å². The molecule has 0 saturated carbocycles. The number of hydrogen-bond donors (Lipinski definition) is 40. The van der Waals surface area contributed by atoms with Crippen molar-refractivity contribution in [2.45, 2.75) is 256 Å². The third-order valence-electron chi connectivity index (χ3n) is 20.3. The number of carbonyl (C=O) groups is 15. The average Bonchev–Trinajstić information content (AvgIpc) is 0.807. The number of nitrogens with two attached hydrogens (primary N) is 1. The van der Waals surface area contributed by atoms with Gasteiger partial charge in [0.05, 0.1) is 75.3 Å². The Labute approximate surface area is 763 Å². The van der Waals surface area contributed by atoms with Crippen LogP contribution in [0, 0.1) is 0 Å². The Morgan fingerprint density at radius 1 is 0.370 bits per heavy atom. The van der Waals surface area contributed by atoms with Gasteiger partial charge in [-0.25, -0.2) is 14.8 Å². The van der Waals surface area contributed by atoms with E-state index in [1.807, 2.05) is 5.32 Å².